The lowest BCUT2D eigenvalue weighted by Gasteiger charge is -2.21. The first-order valence-electron chi connectivity index (χ1n) is 8.14. The molecule has 1 aliphatic rings. The molecule has 132 valence electrons. The third-order valence-electron chi connectivity index (χ3n) is 4.43. The van der Waals surface area contributed by atoms with Crippen LogP contribution >= 0.6 is 11.3 Å². The van der Waals surface area contributed by atoms with Crippen molar-refractivity contribution in [3.63, 3.8) is 0 Å². The lowest BCUT2D eigenvalue weighted by atomic mass is 10.1. The summed E-state index contributed by atoms with van der Waals surface area (Å²) in [7, 11) is 0. The summed E-state index contributed by atoms with van der Waals surface area (Å²) < 4.78 is 0. The minimum absolute atomic E-state index is 0.104. The fourth-order valence-electron chi connectivity index (χ4n) is 3.10. The highest BCUT2D eigenvalue weighted by Gasteiger charge is 2.32. The molecule has 0 bridgehead atoms. The van der Waals surface area contributed by atoms with Crippen LogP contribution in [-0.2, 0) is 16.0 Å². The number of nitrogens with zero attached hydrogens (tertiary/aromatic N) is 3. The molecule has 2 amide bonds. The molecule has 4 N–H and O–H groups in total. The average Bonchev–Trinajstić information content (AvgIpc) is 3.17. The van der Waals surface area contributed by atoms with Crippen LogP contribution in [0, 0.1) is 13.8 Å². The third-order valence-corrected chi connectivity index (χ3v) is 5.63. The summed E-state index contributed by atoms with van der Waals surface area (Å²) in [5.41, 5.74) is 13.9. The smallest absolute Gasteiger partial charge is 0.240 e. The van der Waals surface area contributed by atoms with Gasteiger partial charge in [0.25, 0.3) is 0 Å². The van der Waals surface area contributed by atoms with Crippen LogP contribution in [0.5, 0.6) is 0 Å². The predicted molar refractivity (Wildman–Crippen MR) is 96.9 cm³/mol. The number of hydrogen-bond donors (Lipinski definition) is 2. The second kappa shape index (κ2) is 6.79. The van der Waals surface area contributed by atoms with Crippen molar-refractivity contribution in [2.75, 3.05) is 12.3 Å². The van der Waals surface area contributed by atoms with Gasteiger partial charge in [-0.25, -0.2) is 9.97 Å². The zero-order valence-corrected chi connectivity index (χ0v) is 15.1. The van der Waals surface area contributed by atoms with E-state index in [1.165, 1.54) is 11.3 Å². The van der Waals surface area contributed by atoms with Gasteiger partial charge < -0.3 is 16.4 Å². The van der Waals surface area contributed by atoms with Crippen LogP contribution in [0.4, 0.5) is 5.82 Å². The first-order valence-corrected chi connectivity index (χ1v) is 8.96. The Morgan fingerprint density at radius 2 is 2.16 bits per heavy atom. The van der Waals surface area contributed by atoms with E-state index in [-0.39, 0.29) is 12.3 Å². The maximum absolute atomic E-state index is 12.5. The molecule has 8 heteroatoms. The number of hydrogen-bond acceptors (Lipinski definition) is 6. The van der Waals surface area contributed by atoms with Gasteiger partial charge >= 0.3 is 0 Å². The molecule has 0 radical (unpaired) electrons. The maximum Gasteiger partial charge on any atom is 0.240 e. The lowest BCUT2D eigenvalue weighted by Crippen LogP contribution is -2.44. The number of carbonyl (C=O) groups is 2. The molecule has 0 unspecified atom stereocenters. The van der Waals surface area contributed by atoms with Gasteiger partial charge in [0.2, 0.25) is 11.8 Å². The number of amides is 2. The van der Waals surface area contributed by atoms with Crippen LogP contribution in [0.1, 0.15) is 29.1 Å². The molecule has 0 aliphatic carbocycles. The fraction of sp³-hybridized carbons (Fsp3) is 0.412. The second-order valence-electron chi connectivity index (χ2n) is 6.27. The molecule has 25 heavy (non-hydrogen) atoms. The predicted octanol–water partition coefficient (Wildman–Crippen LogP) is 1.42. The van der Waals surface area contributed by atoms with Crippen LogP contribution in [-0.4, -0.2) is 39.3 Å². The van der Waals surface area contributed by atoms with Crippen LogP contribution in [0.3, 0.4) is 0 Å². The van der Waals surface area contributed by atoms with Crippen LogP contribution < -0.4 is 11.5 Å². The SMILES string of the molecule is Cc1cc(-c2sc(CC(=O)N3CCC[C@H]3C(N)=O)nc2C)cnc1N. The summed E-state index contributed by atoms with van der Waals surface area (Å²) in [6.45, 7) is 4.39. The number of primary amides is 1. The molecule has 0 spiro atoms. The van der Waals surface area contributed by atoms with E-state index in [9.17, 15) is 9.59 Å². The van der Waals surface area contributed by atoms with E-state index in [0.717, 1.165) is 33.1 Å². The average molecular weight is 359 g/mol. The van der Waals surface area contributed by atoms with Crippen molar-refractivity contribution in [3.8, 4) is 10.4 Å². The number of nitrogens with two attached hydrogens (primary N) is 2. The summed E-state index contributed by atoms with van der Waals surface area (Å²) in [6, 6.07) is 1.48. The zero-order chi connectivity index (χ0) is 18.1. The molecule has 1 aliphatic heterocycles. The number of carbonyl (C=O) groups excluding carboxylic acids is 2. The lowest BCUT2D eigenvalue weighted by molar-refractivity contribution is -0.136. The second-order valence-corrected chi connectivity index (χ2v) is 7.36. The number of pyridine rings is 1. The zero-order valence-electron chi connectivity index (χ0n) is 14.3. The van der Waals surface area contributed by atoms with E-state index in [4.69, 9.17) is 11.5 Å². The Hall–Kier alpha value is -2.48. The molecule has 1 fully saturated rings. The van der Waals surface area contributed by atoms with Crippen molar-refractivity contribution in [2.45, 2.75) is 39.2 Å². The van der Waals surface area contributed by atoms with Crippen molar-refractivity contribution >= 4 is 29.0 Å². The summed E-state index contributed by atoms with van der Waals surface area (Å²) in [5, 5.41) is 0.724. The number of rotatable bonds is 4. The number of aromatic nitrogens is 2. The van der Waals surface area contributed by atoms with Gasteiger partial charge in [-0.1, -0.05) is 0 Å². The van der Waals surface area contributed by atoms with Crippen molar-refractivity contribution in [2.24, 2.45) is 5.73 Å². The van der Waals surface area contributed by atoms with E-state index in [1.54, 1.807) is 11.1 Å². The van der Waals surface area contributed by atoms with Crippen molar-refractivity contribution in [3.05, 3.63) is 28.5 Å². The Morgan fingerprint density at radius 1 is 1.40 bits per heavy atom. The van der Waals surface area contributed by atoms with Crippen LogP contribution in [0.25, 0.3) is 10.4 Å². The van der Waals surface area contributed by atoms with Crippen LogP contribution in [0.2, 0.25) is 0 Å². The molecular formula is C17H21N5O2S. The maximum atomic E-state index is 12.5. The summed E-state index contributed by atoms with van der Waals surface area (Å²) in [6.07, 6.45) is 3.34. The van der Waals surface area contributed by atoms with Gasteiger partial charge in [0.05, 0.1) is 17.0 Å². The Balaban J connectivity index is 1.79. The van der Waals surface area contributed by atoms with E-state index in [1.807, 2.05) is 19.9 Å². The van der Waals surface area contributed by atoms with E-state index >= 15 is 0 Å². The van der Waals surface area contributed by atoms with Gasteiger partial charge in [-0.05, 0) is 38.3 Å². The van der Waals surface area contributed by atoms with Gasteiger partial charge in [0.1, 0.15) is 16.9 Å². The Kier molecular flexibility index (Phi) is 4.71. The van der Waals surface area contributed by atoms with E-state index in [0.29, 0.717) is 18.8 Å². The standard InChI is InChI=1S/C17H21N5O2S/c1-9-6-11(8-20-16(9)18)15-10(2)21-13(25-15)7-14(23)22-5-3-4-12(22)17(19)24/h6,8,12H,3-5,7H2,1-2H3,(H2,18,20)(H2,19,24)/t12-/m0/s1. The quantitative estimate of drug-likeness (QED) is 0.857. The molecule has 3 rings (SSSR count). The first-order chi connectivity index (χ1) is 11.9. The van der Waals surface area contributed by atoms with Gasteiger partial charge in [-0.2, -0.15) is 0 Å². The summed E-state index contributed by atoms with van der Waals surface area (Å²) >= 11 is 1.47. The van der Waals surface area contributed by atoms with Crippen molar-refractivity contribution < 1.29 is 9.59 Å². The van der Waals surface area contributed by atoms with Gasteiger partial charge in [-0.3, -0.25) is 9.59 Å². The third kappa shape index (κ3) is 3.48. The number of likely N-dealkylation sites (tertiary alicyclic amines) is 1. The molecule has 1 saturated heterocycles. The molecule has 0 aromatic carbocycles. The Morgan fingerprint density at radius 3 is 2.84 bits per heavy atom. The highest BCUT2D eigenvalue weighted by atomic mass is 32.1. The van der Waals surface area contributed by atoms with Gasteiger partial charge in [-0.15, -0.1) is 11.3 Å². The molecular weight excluding hydrogens is 338 g/mol. The highest BCUT2D eigenvalue weighted by Crippen LogP contribution is 2.31. The minimum atomic E-state index is -0.489. The fourth-order valence-corrected chi connectivity index (χ4v) is 4.13. The van der Waals surface area contributed by atoms with E-state index < -0.39 is 11.9 Å². The molecule has 2 aromatic rings. The number of anilines is 1. The largest absolute Gasteiger partial charge is 0.383 e. The topological polar surface area (TPSA) is 115 Å². The number of thiazole rings is 1. The molecule has 7 nitrogen and oxygen atoms in total. The van der Waals surface area contributed by atoms with Crippen molar-refractivity contribution in [1.82, 2.24) is 14.9 Å². The Bertz CT molecular complexity index is 832. The monoisotopic (exact) mass is 359 g/mol. The van der Waals surface area contributed by atoms with Crippen LogP contribution in [0.15, 0.2) is 12.3 Å². The van der Waals surface area contributed by atoms with Gasteiger partial charge in [0.15, 0.2) is 0 Å². The Labute approximate surface area is 150 Å². The molecule has 1 atom stereocenters. The number of nitrogen functional groups attached to an aromatic ring is 1. The summed E-state index contributed by atoms with van der Waals surface area (Å²) in [5.74, 6) is -0.0358. The minimum Gasteiger partial charge on any atom is -0.383 e. The molecule has 0 saturated carbocycles. The molecule has 2 aromatic heterocycles. The molecule has 3 heterocycles. The first kappa shape index (κ1) is 17.3. The number of aryl methyl sites for hydroxylation is 2. The normalized spacial score (nSPS) is 17.0. The van der Waals surface area contributed by atoms with Gasteiger partial charge in [0, 0.05) is 18.3 Å². The van der Waals surface area contributed by atoms with Crippen molar-refractivity contribution in [1.29, 1.82) is 0 Å². The summed E-state index contributed by atoms with van der Waals surface area (Å²) in [4.78, 5) is 35.3. The van der Waals surface area contributed by atoms with E-state index in [2.05, 4.69) is 9.97 Å². The highest BCUT2D eigenvalue weighted by molar-refractivity contribution is 7.15.